The molecule has 6 nitrogen and oxygen atoms in total. The van der Waals surface area contributed by atoms with Crippen molar-refractivity contribution in [2.24, 2.45) is 28.1 Å². The number of rotatable bonds is 5. The number of allylic oxidation sites excluding steroid dienone is 4. The van der Waals surface area contributed by atoms with Gasteiger partial charge in [0.1, 0.15) is 6.10 Å². The zero-order valence-corrected chi connectivity index (χ0v) is 19.7. The van der Waals surface area contributed by atoms with Gasteiger partial charge in [-0.2, -0.15) is 0 Å². The first-order valence-corrected chi connectivity index (χ1v) is 12.3. The zero-order valence-electron chi connectivity index (χ0n) is 19.7. The van der Waals surface area contributed by atoms with E-state index in [1.165, 1.54) is 0 Å². The van der Waals surface area contributed by atoms with Gasteiger partial charge in [0.15, 0.2) is 17.9 Å². The lowest BCUT2D eigenvalue weighted by atomic mass is 9.32. The third-order valence-corrected chi connectivity index (χ3v) is 9.55. The van der Waals surface area contributed by atoms with Crippen LogP contribution in [-0.4, -0.2) is 54.9 Å². The lowest BCUT2D eigenvalue weighted by Crippen LogP contribution is -2.76. The van der Waals surface area contributed by atoms with Gasteiger partial charge in [0.05, 0.1) is 18.8 Å². The maximum Gasteiger partial charge on any atom is 0.178 e. The number of aliphatic hydroxyl groups is 1. The molecule has 32 heavy (non-hydrogen) atoms. The van der Waals surface area contributed by atoms with Crippen molar-refractivity contribution in [1.82, 2.24) is 5.32 Å². The van der Waals surface area contributed by atoms with E-state index in [0.29, 0.717) is 6.42 Å². The molecule has 0 radical (unpaired) electrons. The second-order valence-corrected chi connectivity index (χ2v) is 11.2. The molecule has 1 aliphatic heterocycles. The second-order valence-electron chi connectivity index (χ2n) is 11.2. The fourth-order valence-corrected chi connectivity index (χ4v) is 8.35. The molecule has 1 spiro atoms. The van der Waals surface area contributed by atoms with Gasteiger partial charge in [0.25, 0.3) is 0 Å². The number of ketones is 2. The Morgan fingerprint density at radius 3 is 2.81 bits per heavy atom. The minimum Gasteiger partial charge on any atom is -0.393 e. The average molecular weight is 444 g/mol. The van der Waals surface area contributed by atoms with Gasteiger partial charge in [-0.3, -0.25) is 9.59 Å². The van der Waals surface area contributed by atoms with E-state index < -0.39 is 23.9 Å². The van der Waals surface area contributed by atoms with Crippen molar-refractivity contribution in [2.75, 3.05) is 13.6 Å². The largest absolute Gasteiger partial charge is 0.393 e. The molecule has 0 aromatic heterocycles. The van der Waals surface area contributed by atoms with Crippen LogP contribution in [0.1, 0.15) is 59.3 Å². The Hall–Kier alpha value is -1.34. The molecule has 4 fully saturated rings. The average Bonchev–Trinajstić information content (AvgIpc) is 2.72. The number of carbonyl (C=O) groups is 2. The predicted octanol–water partition coefficient (Wildman–Crippen LogP) is 2.94. The Morgan fingerprint density at radius 1 is 1.31 bits per heavy atom. The number of likely N-dealkylation sites (N-methyl/N-ethyl adjacent to an activating group) is 1. The zero-order chi connectivity index (χ0) is 22.9. The molecule has 0 amide bonds. The molecule has 0 aromatic carbocycles. The van der Waals surface area contributed by atoms with Crippen molar-refractivity contribution in [3.63, 3.8) is 0 Å². The summed E-state index contributed by atoms with van der Waals surface area (Å²) in [5.41, 5.74) is 0.116. The van der Waals surface area contributed by atoms with Crippen molar-refractivity contribution < 1.29 is 24.2 Å². The number of hydrogen-bond donors (Lipinski definition) is 2. The summed E-state index contributed by atoms with van der Waals surface area (Å²) in [5, 5.41) is 14.7. The Kier molecular flexibility index (Phi) is 5.32. The minimum atomic E-state index is -0.599. The van der Waals surface area contributed by atoms with Crippen molar-refractivity contribution in [1.29, 1.82) is 0 Å². The fraction of sp³-hybridized carbons (Fsp3) is 0.769. The normalized spacial score (nSPS) is 49.2. The first-order valence-electron chi connectivity index (χ1n) is 12.3. The Bertz CT molecular complexity index is 881. The second kappa shape index (κ2) is 7.59. The predicted molar refractivity (Wildman–Crippen MR) is 120 cm³/mol. The van der Waals surface area contributed by atoms with Crippen LogP contribution in [0, 0.1) is 28.1 Å². The molecule has 9 atom stereocenters. The van der Waals surface area contributed by atoms with Crippen molar-refractivity contribution in [3.05, 3.63) is 23.8 Å². The van der Waals surface area contributed by atoms with E-state index in [0.717, 1.165) is 37.7 Å². The molecule has 2 bridgehead atoms. The van der Waals surface area contributed by atoms with Gasteiger partial charge in [0, 0.05) is 22.2 Å². The Morgan fingerprint density at radius 2 is 2.09 bits per heavy atom. The molecule has 5 aliphatic rings. The van der Waals surface area contributed by atoms with Crippen molar-refractivity contribution in [2.45, 2.75) is 83.9 Å². The lowest BCUT2D eigenvalue weighted by molar-refractivity contribution is -0.370. The third-order valence-electron chi connectivity index (χ3n) is 9.55. The van der Waals surface area contributed by atoms with E-state index in [9.17, 15) is 14.7 Å². The molecule has 3 saturated carbocycles. The molecule has 1 heterocycles. The van der Waals surface area contributed by atoms with E-state index in [-0.39, 0.29) is 46.9 Å². The number of Topliss-reactive ketones (excluding diaryl/α,β-unsaturated/α-hetero) is 1. The van der Waals surface area contributed by atoms with Crippen LogP contribution in [0.5, 0.6) is 0 Å². The molecule has 6 heteroatoms. The smallest absolute Gasteiger partial charge is 0.178 e. The fourth-order valence-electron chi connectivity index (χ4n) is 8.35. The highest BCUT2D eigenvalue weighted by Crippen LogP contribution is 2.75. The maximum atomic E-state index is 13.3. The first kappa shape index (κ1) is 22.5. The van der Waals surface area contributed by atoms with Crippen LogP contribution in [-0.2, 0) is 19.1 Å². The summed E-state index contributed by atoms with van der Waals surface area (Å²) in [4.78, 5) is 25.4. The number of hydrogen-bond acceptors (Lipinski definition) is 6. The summed E-state index contributed by atoms with van der Waals surface area (Å²) in [6.45, 7) is 6.70. The molecule has 1 saturated heterocycles. The maximum absolute atomic E-state index is 13.3. The quantitative estimate of drug-likeness (QED) is 0.680. The number of nitrogens with one attached hydrogen (secondary N) is 1. The molecule has 2 unspecified atom stereocenters. The summed E-state index contributed by atoms with van der Waals surface area (Å²) in [6, 6.07) is 0. The van der Waals surface area contributed by atoms with E-state index in [1.54, 1.807) is 19.2 Å². The van der Waals surface area contributed by atoms with E-state index in [4.69, 9.17) is 9.47 Å². The number of carbonyl (C=O) groups excluding carboxylic acids is 2. The molecule has 4 aliphatic carbocycles. The molecular formula is C26H37NO5. The molecule has 5 rings (SSSR count). The van der Waals surface area contributed by atoms with E-state index in [1.807, 2.05) is 6.08 Å². The molecule has 2 N–H and O–H groups in total. The summed E-state index contributed by atoms with van der Waals surface area (Å²) < 4.78 is 13.0. The van der Waals surface area contributed by atoms with E-state index >= 15 is 0 Å². The van der Waals surface area contributed by atoms with Gasteiger partial charge in [-0.25, -0.2) is 0 Å². The Labute approximate surface area is 190 Å². The molecule has 176 valence electrons. The number of aliphatic hydroxyl groups excluding tert-OH is 1. The summed E-state index contributed by atoms with van der Waals surface area (Å²) in [6.07, 6.45) is 8.71. The van der Waals surface area contributed by atoms with Gasteiger partial charge in [-0.15, -0.1) is 0 Å². The molecular weight excluding hydrogens is 406 g/mol. The van der Waals surface area contributed by atoms with E-state index in [2.05, 4.69) is 26.1 Å². The summed E-state index contributed by atoms with van der Waals surface area (Å²) in [5.74, 6) is 0.288. The van der Waals surface area contributed by atoms with Gasteiger partial charge < -0.3 is 19.9 Å². The van der Waals surface area contributed by atoms with Gasteiger partial charge in [-0.05, 0) is 57.2 Å². The Balaban J connectivity index is 1.62. The first-order chi connectivity index (χ1) is 15.2. The highest BCUT2D eigenvalue weighted by molar-refractivity contribution is 6.01. The molecule has 0 aromatic rings. The topological polar surface area (TPSA) is 84.9 Å². The van der Waals surface area contributed by atoms with Crippen molar-refractivity contribution >= 4 is 11.6 Å². The van der Waals surface area contributed by atoms with Crippen LogP contribution in [0.25, 0.3) is 0 Å². The van der Waals surface area contributed by atoms with Crippen molar-refractivity contribution in [3.8, 4) is 0 Å². The number of ether oxygens (including phenoxy) is 2. The minimum absolute atomic E-state index is 0.00748. The summed E-state index contributed by atoms with van der Waals surface area (Å²) in [7, 11) is 1.78. The number of fused-ring (bicyclic) bond motifs is 3. The standard InChI is InChI=1S/C26H37NO5/c1-5-6-21-31-20-12-19-25(3,23(32-21)18(30)14-27-4)13-17(29)22-24(2)9-8-16(28)11-15(24)7-10-26(19,20)22/h8-9,11,17,19-23,27,29H,5-7,10,12-14H2,1-4H3/t17-,19-,20?,21?,22-,23+,24-,25-,26+/m0/s1. The highest BCUT2D eigenvalue weighted by atomic mass is 16.7. The monoisotopic (exact) mass is 443 g/mol. The van der Waals surface area contributed by atoms with Crippen LogP contribution in [0.15, 0.2) is 23.8 Å². The highest BCUT2D eigenvalue weighted by Gasteiger charge is 2.75. The SMILES string of the molecule is CCCC1OC2C[C@H]3[C@](C)(C[C@H](O)[C@@H]4[C@@]23CCC2=CC(=O)C=C[C@@]24C)[C@@H](C(=O)CNC)O1. The van der Waals surface area contributed by atoms with Gasteiger partial charge >= 0.3 is 0 Å². The lowest BCUT2D eigenvalue weighted by Gasteiger charge is -2.75. The summed E-state index contributed by atoms with van der Waals surface area (Å²) >= 11 is 0. The van der Waals surface area contributed by atoms with Gasteiger partial charge in [-0.1, -0.05) is 38.8 Å². The van der Waals surface area contributed by atoms with Crippen LogP contribution in [0.4, 0.5) is 0 Å². The van der Waals surface area contributed by atoms with Crippen LogP contribution >= 0.6 is 0 Å². The van der Waals surface area contributed by atoms with Crippen LogP contribution in [0.3, 0.4) is 0 Å². The van der Waals surface area contributed by atoms with Crippen LogP contribution in [0.2, 0.25) is 0 Å². The van der Waals surface area contributed by atoms with Gasteiger partial charge in [0.2, 0.25) is 0 Å². The third kappa shape index (κ3) is 2.85. The van der Waals surface area contributed by atoms with Crippen LogP contribution < -0.4 is 5.32 Å².